The van der Waals surface area contributed by atoms with E-state index < -0.39 is 0 Å². The van der Waals surface area contributed by atoms with E-state index in [2.05, 4.69) is 41.5 Å². The van der Waals surface area contributed by atoms with Gasteiger partial charge in [0.1, 0.15) is 0 Å². The van der Waals surface area contributed by atoms with Crippen molar-refractivity contribution in [2.24, 2.45) is 17.8 Å². The van der Waals surface area contributed by atoms with Gasteiger partial charge in [0.05, 0.1) is 0 Å². The first-order valence-electron chi connectivity index (χ1n) is 6.25. The third kappa shape index (κ3) is 12.8. The van der Waals surface area contributed by atoms with E-state index in [1.165, 1.54) is 25.7 Å². The largest absolute Gasteiger partial charge is 0.313 e. The van der Waals surface area contributed by atoms with E-state index in [4.69, 9.17) is 0 Å². The molecule has 0 saturated carbocycles. The molecule has 0 N–H and O–H groups in total. The monoisotopic (exact) mass is 287 g/mol. The molecule has 0 aromatic carbocycles. The summed E-state index contributed by atoms with van der Waals surface area (Å²) in [5.74, 6) is 4.31. The molecule has 0 aliphatic rings. The molecule has 0 amide bonds. The summed E-state index contributed by atoms with van der Waals surface area (Å²) in [7, 11) is 0. The molecule has 0 spiro atoms. The summed E-state index contributed by atoms with van der Waals surface area (Å²) in [6.07, 6.45) is 5.40. The summed E-state index contributed by atoms with van der Waals surface area (Å²) < 4.78 is 0. The number of rotatable bonds is 7. The maximum absolute atomic E-state index is 2.33. The van der Waals surface area contributed by atoms with E-state index in [9.17, 15) is 0 Å². The number of hydrogen-bond acceptors (Lipinski definition) is 0. The van der Waals surface area contributed by atoms with Gasteiger partial charge in [0.25, 0.3) is 0 Å². The van der Waals surface area contributed by atoms with Crippen LogP contribution in [0.25, 0.3) is 0 Å². The predicted molar refractivity (Wildman–Crippen MR) is 66.2 cm³/mol. The van der Waals surface area contributed by atoms with Gasteiger partial charge in [0, 0.05) is 26.2 Å². The van der Waals surface area contributed by atoms with Crippen LogP contribution in [0, 0.1) is 23.7 Å². The molecule has 0 aromatic heterocycles. The minimum atomic E-state index is 0. The van der Waals surface area contributed by atoms with Crippen molar-refractivity contribution in [1.29, 1.82) is 0 Å². The topological polar surface area (TPSA) is 0 Å². The van der Waals surface area contributed by atoms with Crippen LogP contribution in [-0.4, -0.2) is 0 Å². The van der Waals surface area contributed by atoms with Gasteiger partial charge < -0.3 is 5.92 Å². The van der Waals surface area contributed by atoms with E-state index in [1.54, 1.807) is 5.92 Å². The molecule has 0 rings (SSSR count). The molecule has 0 nitrogen and oxygen atoms in total. The average molecular weight is 289 g/mol. The molecule has 0 aliphatic carbocycles. The van der Waals surface area contributed by atoms with Gasteiger partial charge in [-0.1, -0.05) is 59.8 Å². The van der Waals surface area contributed by atoms with E-state index >= 15 is 0 Å². The predicted octanol–water partition coefficient (Wildman–Crippen LogP) is 5.09. The molecule has 1 heteroatoms. The Hall–Kier alpha value is 0.883. The van der Waals surface area contributed by atoms with Gasteiger partial charge in [-0.05, 0) is 5.92 Å². The zero-order valence-electron chi connectivity index (χ0n) is 11.6. The Balaban J connectivity index is 0. The van der Waals surface area contributed by atoms with Crippen LogP contribution >= 0.6 is 0 Å². The van der Waals surface area contributed by atoms with Crippen molar-refractivity contribution >= 4 is 0 Å². The molecule has 15 heavy (non-hydrogen) atoms. The second-order valence-corrected chi connectivity index (χ2v) is 5.88. The van der Waals surface area contributed by atoms with E-state index in [-0.39, 0.29) is 26.2 Å². The van der Waals surface area contributed by atoms with Crippen LogP contribution in [0.5, 0.6) is 0 Å². The third-order valence-electron chi connectivity index (χ3n) is 2.47. The van der Waals surface area contributed by atoms with Crippen molar-refractivity contribution in [1.82, 2.24) is 0 Å². The normalized spacial score (nSPS) is 11.6. The second kappa shape index (κ2) is 10.1. The van der Waals surface area contributed by atoms with E-state index in [1.807, 2.05) is 0 Å². The zero-order valence-corrected chi connectivity index (χ0v) is 14.0. The molecule has 0 aromatic rings. The fraction of sp³-hybridized carbons (Fsp3) is 0.929. The molecule has 0 heterocycles. The van der Waals surface area contributed by atoms with Crippen LogP contribution in [0.4, 0.5) is 0 Å². The molecule has 0 fully saturated rings. The molecule has 0 saturated heterocycles. The van der Waals surface area contributed by atoms with Crippen molar-refractivity contribution < 1.29 is 26.2 Å². The Morgan fingerprint density at radius 3 is 1.40 bits per heavy atom. The standard InChI is InChI=1S/C14H29.Zr/c1-11(2)7-8-14(9-12(3)4)10-13(5)6;/h11-13H,7-10H2,1-6H3;/q-1;. The first kappa shape index (κ1) is 18.3. The summed E-state index contributed by atoms with van der Waals surface area (Å²) in [5.41, 5.74) is 0. The Labute approximate surface area is 117 Å². The Bertz CT molecular complexity index is 117. The van der Waals surface area contributed by atoms with Crippen LogP contribution in [0.2, 0.25) is 0 Å². The summed E-state index contributed by atoms with van der Waals surface area (Å²) in [4.78, 5) is 0. The van der Waals surface area contributed by atoms with Crippen molar-refractivity contribution in [3.8, 4) is 0 Å². The maximum atomic E-state index is 2.33. The minimum Gasteiger partial charge on any atom is -0.313 e. The smallest absolute Gasteiger partial charge is 0 e. The molecule has 0 radical (unpaired) electrons. The van der Waals surface area contributed by atoms with Gasteiger partial charge in [0.2, 0.25) is 0 Å². The third-order valence-corrected chi connectivity index (χ3v) is 2.47. The van der Waals surface area contributed by atoms with Gasteiger partial charge in [-0.2, -0.15) is 19.3 Å². The van der Waals surface area contributed by atoms with Gasteiger partial charge in [-0.3, -0.25) is 0 Å². The molecule has 0 aliphatic heterocycles. The first-order valence-corrected chi connectivity index (χ1v) is 6.25. The van der Waals surface area contributed by atoms with Gasteiger partial charge in [0.15, 0.2) is 0 Å². The van der Waals surface area contributed by atoms with Crippen LogP contribution in [0.3, 0.4) is 0 Å². The minimum absolute atomic E-state index is 0. The molecule has 0 atom stereocenters. The maximum Gasteiger partial charge on any atom is 0 e. The molecule has 0 bridgehead atoms. The molecule has 90 valence electrons. The van der Waals surface area contributed by atoms with Gasteiger partial charge >= 0.3 is 0 Å². The fourth-order valence-corrected chi connectivity index (χ4v) is 1.93. The van der Waals surface area contributed by atoms with E-state index in [0.717, 1.165) is 17.8 Å². The number of hydrogen-bond donors (Lipinski definition) is 0. The fourth-order valence-electron chi connectivity index (χ4n) is 1.93. The summed E-state index contributed by atoms with van der Waals surface area (Å²) in [5, 5.41) is 0. The Kier molecular flexibility index (Phi) is 12.2. The molecular weight excluding hydrogens is 259 g/mol. The summed E-state index contributed by atoms with van der Waals surface area (Å²) in [6.45, 7) is 14.0. The van der Waals surface area contributed by atoms with Crippen molar-refractivity contribution in [3.63, 3.8) is 0 Å². The quantitative estimate of drug-likeness (QED) is 0.573. The Morgan fingerprint density at radius 1 is 0.733 bits per heavy atom. The first-order chi connectivity index (χ1) is 6.41. The van der Waals surface area contributed by atoms with Crippen LogP contribution in [0.15, 0.2) is 0 Å². The van der Waals surface area contributed by atoms with Crippen molar-refractivity contribution in [2.75, 3.05) is 0 Å². The zero-order chi connectivity index (χ0) is 11.1. The van der Waals surface area contributed by atoms with Gasteiger partial charge in [-0.15, -0.1) is 0 Å². The van der Waals surface area contributed by atoms with Crippen molar-refractivity contribution in [2.45, 2.75) is 67.2 Å². The summed E-state index contributed by atoms with van der Waals surface area (Å²) in [6, 6.07) is 0. The molecular formula is C14H29Zr-. The van der Waals surface area contributed by atoms with Crippen LogP contribution in [-0.2, 0) is 26.2 Å². The Morgan fingerprint density at radius 2 is 1.13 bits per heavy atom. The SMILES string of the molecule is CC(C)CC[C-](CC(C)C)CC(C)C.[Zr]. The summed E-state index contributed by atoms with van der Waals surface area (Å²) >= 11 is 0. The van der Waals surface area contributed by atoms with Crippen LogP contribution < -0.4 is 0 Å². The van der Waals surface area contributed by atoms with Crippen molar-refractivity contribution in [3.05, 3.63) is 5.92 Å². The molecule has 0 unspecified atom stereocenters. The van der Waals surface area contributed by atoms with Gasteiger partial charge in [-0.25, -0.2) is 0 Å². The second-order valence-electron chi connectivity index (χ2n) is 5.88. The average Bonchev–Trinajstić information content (AvgIpc) is 1.97. The van der Waals surface area contributed by atoms with Crippen LogP contribution in [0.1, 0.15) is 67.2 Å². The van der Waals surface area contributed by atoms with E-state index in [0.29, 0.717) is 0 Å².